The average molecular weight is 391 g/mol. The molecule has 3 aromatic rings. The van der Waals surface area contributed by atoms with Crippen molar-refractivity contribution in [3.05, 3.63) is 52.6 Å². The van der Waals surface area contributed by atoms with Crippen LogP contribution in [0.2, 0.25) is 5.02 Å². The molecule has 0 atom stereocenters. The molecule has 8 heteroatoms. The summed E-state index contributed by atoms with van der Waals surface area (Å²) >= 11 is 5.98. The first-order chi connectivity index (χ1) is 12.7. The molecule has 27 heavy (non-hydrogen) atoms. The number of carbonyl (C=O) groups is 1. The first-order valence-electron chi connectivity index (χ1n) is 8.33. The van der Waals surface area contributed by atoms with Crippen molar-refractivity contribution < 1.29 is 14.0 Å². The van der Waals surface area contributed by atoms with Crippen LogP contribution in [0.1, 0.15) is 36.7 Å². The Morgan fingerprint density at radius 2 is 2.04 bits per heavy atom. The predicted octanol–water partition coefficient (Wildman–Crippen LogP) is 4.87. The molecule has 2 aromatic carbocycles. The number of hydroxylamine groups is 1. The van der Waals surface area contributed by atoms with Crippen LogP contribution in [0.25, 0.3) is 11.0 Å². The van der Waals surface area contributed by atoms with Crippen molar-refractivity contribution in [2.75, 3.05) is 5.32 Å². The highest BCUT2D eigenvalue weighted by Crippen LogP contribution is 2.31. The molecule has 0 saturated heterocycles. The molecule has 0 saturated carbocycles. The maximum Gasteiger partial charge on any atom is 0.277 e. The zero-order valence-electron chi connectivity index (χ0n) is 15.4. The Labute approximate surface area is 161 Å². The first kappa shape index (κ1) is 19.1. The van der Waals surface area contributed by atoms with Crippen LogP contribution < -0.4 is 10.8 Å². The summed E-state index contributed by atoms with van der Waals surface area (Å²) in [6.45, 7) is 7.22. The van der Waals surface area contributed by atoms with Crippen LogP contribution in [0, 0.1) is 12.7 Å². The molecular formula is C19H20ClFN4O2. The van der Waals surface area contributed by atoms with Crippen molar-refractivity contribution >= 4 is 39.9 Å². The Balaban J connectivity index is 2.06. The fourth-order valence-corrected chi connectivity index (χ4v) is 2.73. The molecule has 142 valence electrons. The van der Waals surface area contributed by atoms with Gasteiger partial charge in [0.25, 0.3) is 5.91 Å². The number of aromatic nitrogens is 2. The average Bonchev–Trinajstić information content (AvgIpc) is 3.05. The van der Waals surface area contributed by atoms with Crippen LogP contribution in [0.3, 0.4) is 0 Å². The van der Waals surface area contributed by atoms with Crippen molar-refractivity contribution in [3.8, 4) is 0 Å². The summed E-state index contributed by atoms with van der Waals surface area (Å²) in [5.41, 5.74) is 3.85. The normalized spacial score (nSPS) is 11.6. The minimum absolute atomic E-state index is 0.00929. The molecule has 0 bridgehead atoms. The molecule has 0 aliphatic carbocycles. The predicted molar refractivity (Wildman–Crippen MR) is 104 cm³/mol. The lowest BCUT2D eigenvalue weighted by molar-refractivity contribution is -0.0589. The number of imidazole rings is 1. The van der Waals surface area contributed by atoms with Crippen molar-refractivity contribution in [2.24, 2.45) is 0 Å². The fourth-order valence-electron chi connectivity index (χ4n) is 2.50. The summed E-state index contributed by atoms with van der Waals surface area (Å²) in [7, 11) is 0. The Bertz CT molecular complexity index is 1010. The molecule has 3 rings (SSSR count). The third-order valence-electron chi connectivity index (χ3n) is 3.80. The van der Waals surface area contributed by atoms with E-state index < -0.39 is 17.3 Å². The number of nitrogens with zero attached hydrogens (tertiary/aromatic N) is 1. The van der Waals surface area contributed by atoms with Gasteiger partial charge in [0.2, 0.25) is 0 Å². The highest BCUT2D eigenvalue weighted by atomic mass is 35.5. The van der Waals surface area contributed by atoms with Crippen LogP contribution in [0.15, 0.2) is 30.6 Å². The third-order valence-corrected chi connectivity index (χ3v) is 4.03. The van der Waals surface area contributed by atoms with E-state index in [1.54, 1.807) is 39.0 Å². The monoisotopic (exact) mass is 390 g/mol. The molecule has 0 aliphatic heterocycles. The second-order valence-electron chi connectivity index (χ2n) is 7.14. The van der Waals surface area contributed by atoms with E-state index in [1.165, 1.54) is 12.4 Å². The molecule has 0 fully saturated rings. The van der Waals surface area contributed by atoms with Gasteiger partial charge in [0.15, 0.2) is 5.82 Å². The number of hydrogen-bond donors (Lipinski definition) is 3. The minimum atomic E-state index is -0.635. The molecule has 0 spiro atoms. The number of halogens is 2. The van der Waals surface area contributed by atoms with E-state index in [0.717, 1.165) is 5.56 Å². The van der Waals surface area contributed by atoms with Gasteiger partial charge in [-0.05, 0) is 57.5 Å². The molecule has 1 aromatic heterocycles. The summed E-state index contributed by atoms with van der Waals surface area (Å²) in [6.07, 6.45) is 1.37. The van der Waals surface area contributed by atoms with Gasteiger partial charge in [-0.1, -0.05) is 11.6 Å². The van der Waals surface area contributed by atoms with E-state index in [4.69, 9.17) is 16.4 Å². The number of benzene rings is 2. The van der Waals surface area contributed by atoms with Gasteiger partial charge in [-0.2, -0.15) is 0 Å². The van der Waals surface area contributed by atoms with Crippen molar-refractivity contribution in [1.29, 1.82) is 0 Å². The standard InChI is InChI=1S/C19H20ClFN4O2/c1-10-7-11(20)5-6-13(10)24-16-12(18(26)25-27-19(2,3)4)8-14-17(15(16)21)23-9-22-14/h5-9,24H,1-4H3,(H,22,23)(H,25,26). The fraction of sp³-hybridized carbons (Fsp3) is 0.263. The third kappa shape index (κ3) is 4.20. The van der Waals surface area contributed by atoms with Gasteiger partial charge >= 0.3 is 0 Å². The number of amides is 1. The molecule has 3 N–H and O–H groups in total. The molecule has 1 amide bonds. The van der Waals surface area contributed by atoms with E-state index in [-0.39, 0.29) is 16.8 Å². The van der Waals surface area contributed by atoms with Crippen LogP contribution in [-0.4, -0.2) is 21.5 Å². The molecule has 0 aliphatic rings. The van der Waals surface area contributed by atoms with Crippen LogP contribution >= 0.6 is 11.6 Å². The van der Waals surface area contributed by atoms with Gasteiger partial charge in [-0.15, -0.1) is 0 Å². The van der Waals surface area contributed by atoms with Crippen LogP contribution in [0.5, 0.6) is 0 Å². The van der Waals surface area contributed by atoms with Gasteiger partial charge in [0.1, 0.15) is 5.52 Å². The first-order valence-corrected chi connectivity index (χ1v) is 8.70. The van der Waals surface area contributed by atoms with E-state index in [0.29, 0.717) is 16.2 Å². The highest BCUT2D eigenvalue weighted by molar-refractivity contribution is 6.30. The largest absolute Gasteiger partial charge is 0.352 e. The lowest BCUT2D eigenvalue weighted by Gasteiger charge is -2.20. The Morgan fingerprint density at radius 1 is 1.30 bits per heavy atom. The van der Waals surface area contributed by atoms with Gasteiger partial charge < -0.3 is 10.3 Å². The summed E-state index contributed by atoms with van der Waals surface area (Å²) in [6, 6.07) is 6.68. The maximum absolute atomic E-state index is 15.1. The number of H-pyrrole nitrogens is 1. The lowest BCUT2D eigenvalue weighted by Crippen LogP contribution is -2.34. The summed E-state index contributed by atoms with van der Waals surface area (Å²) in [5.74, 6) is -1.21. The zero-order valence-corrected chi connectivity index (χ0v) is 16.2. The van der Waals surface area contributed by atoms with Crippen molar-refractivity contribution in [2.45, 2.75) is 33.3 Å². The maximum atomic E-state index is 15.1. The van der Waals surface area contributed by atoms with E-state index >= 15 is 4.39 Å². The number of carbonyl (C=O) groups excluding carboxylic acids is 1. The molecule has 0 radical (unpaired) electrons. The van der Waals surface area contributed by atoms with Crippen molar-refractivity contribution in [1.82, 2.24) is 15.4 Å². The number of hydrogen-bond acceptors (Lipinski definition) is 4. The quantitative estimate of drug-likeness (QED) is 0.555. The smallest absolute Gasteiger partial charge is 0.277 e. The van der Waals surface area contributed by atoms with Gasteiger partial charge in [0, 0.05) is 10.7 Å². The van der Waals surface area contributed by atoms with E-state index in [2.05, 4.69) is 20.8 Å². The number of aryl methyl sites for hydroxylation is 1. The number of nitrogens with one attached hydrogen (secondary N) is 3. The number of anilines is 2. The molecular weight excluding hydrogens is 371 g/mol. The van der Waals surface area contributed by atoms with Gasteiger partial charge in [0.05, 0.1) is 28.7 Å². The minimum Gasteiger partial charge on any atom is -0.352 e. The SMILES string of the molecule is Cc1cc(Cl)ccc1Nc1c(C(=O)NOC(C)(C)C)cc2[nH]cnc2c1F. The molecule has 1 heterocycles. The Hall–Kier alpha value is -2.64. The molecule has 0 unspecified atom stereocenters. The summed E-state index contributed by atoms with van der Waals surface area (Å²) in [5, 5.41) is 3.56. The molecule has 6 nitrogen and oxygen atoms in total. The topological polar surface area (TPSA) is 79.0 Å². The number of fused-ring (bicyclic) bond motifs is 1. The van der Waals surface area contributed by atoms with Gasteiger partial charge in [-0.3, -0.25) is 9.63 Å². The van der Waals surface area contributed by atoms with E-state index in [9.17, 15) is 4.79 Å². The second kappa shape index (κ2) is 7.17. The van der Waals surface area contributed by atoms with E-state index in [1.807, 2.05) is 6.92 Å². The Morgan fingerprint density at radius 3 is 2.70 bits per heavy atom. The Kier molecular flexibility index (Phi) is 5.08. The number of rotatable bonds is 4. The summed E-state index contributed by atoms with van der Waals surface area (Å²) < 4.78 is 15.1. The zero-order chi connectivity index (χ0) is 19.8. The van der Waals surface area contributed by atoms with Crippen LogP contribution in [-0.2, 0) is 4.84 Å². The van der Waals surface area contributed by atoms with Crippen LogP contribution in [0.4, 0.5) is 15.8 Å². The van der Waals surface area contributed by atoms with Gasteiger partial charge in [-0.25, -0.2) is 14.9 Å². The van der Waals surface area contributed by atoms with Crippen molar-refractivity contribution in [3.63, 3.8) is 0 Å². The lowest BCUT2D eigenvalue weighted by atomic mass is 10.1. The highest BCUT2D eigenvalue weighted by Gasteiger charge is 2.22. The number of aromatic amines is 1. The summed E-state index contributed by atoms with van der Waals surface area (Å²) in [4.78, 5) is 24.8. The second-order valence-corrected chi connectivity index (χ2v) is 7.58.